The Morgan fingerprint density at radius 2 is 1.96 bits per heavy atom. The number of aromatic nitrogens is 2. The molecular formula is C18H11BrClF3N2O3. The normalized spacial score (nSPS) is 11.5. The van der Waals surface area contributed by atoms with E-state index >= 15 is 0 Å². The van der Waals surface area contributed by atoms with E-state index in [0.717, 1.165) is 16.6 Å². The van der Waals surface area contributed by atoms with E-state index in [4.69, 9.17) is 20.8 Å². The van der Waals surface area contributed by atoms with Crippen molar-refractivity contribution in [2.45, 2.75) is 19.0 Å². The molecule has 0 spiro atoms. The number of hydrogen-bond acceptors (Lipinski definition) is 5. The molecule has 0 amide bonds. The van der Waals surface area contributed by atoms with Crippen molar-refractivity contribution in [3.63, 3.8) is 0 Å². The zero-order valence-electron chi connectivity index (χ0n) is 14.0. The van der Waals surface area contributed by atoms with Crippen LogP contribution in [-0.4, -0.2) is 16.2 Å². The summed E-state index contributed by atoms with van der Waals surface area (Å²) in [6, 6.07) is 9.35. The number of rotatable bonds is 5. The van der Waals surface area contributed by atoms with E-state index < -0.39 is 17.7 Å². The molecule has 0 aliphatic carbocycles. The van der Waals surface area contributed by atoms with Crippen molar-refractivity contribution in [1.82, 2.24) is 10.2 Å². The summed E-state index contributed by atoms with van der Waals surface area (Å²) in [6.45, 7) is 0. The van der Waals surface area contributed by atoms with Gasteiger partial charge in [0.25, 0.3) is 0 Å². The summed E-state index contributed by atoms with van der Waals surface area (Å²) in [5.74, 6) is -0.315. The lowest BCUT2D eigenvalue weighted by atomic mass is 10.1. The molecule has 3 rings (SSSR count). The summed E-state index contributed by atoms with van der Waals surface area (Å²) in [7, 11) is 0. The highest BCUT2D eigenvalue weighted by Gasteiger charge is 2.30. The molecule has 3 aromatic rings. The Kier molecular flexibility index (Phi) is 6.04. The Balaban J connectivity index is 1.63. The lowest BCUT2D eigenvalue weighted by Crippen LogP contribution is -2.09. The fourth-order valence-corrected chi connectivity index (χ4v) is 2.95. The maximum absolute atomic E-state index is 12.8. The van der Waals surface area contributed by atoms with Gasteiger partial charge in [-0.3, -0.25) is 4.79 Å². The summed E-state index contributed by atoms with van der Waals surface area (Å²) in [5.41, 5.74) is -0.683. The van der Waals surface area contributed by atoms with Crippen LogP contribution in [-0.2, 0) is 17.4 Å². The van der Waals surface area contributed by atoms with E-state index in [0.29, 0.717) is 0 Å². The van der Waals surface area contributed by atoms with E-state index in [9.17, 15) is 18.0 Å². The fourth-order valence-electron chi connectivity index (χ4n) is 2.24. The first-order chi connectivity index (χ1) is 13.2. The topological polar surface area (TPSA) is 65.2 Å². The Hall–Kier alpha value is -2.39. The number of nitrogens with zero attached hydrogens (tertiary/aromatic N) is 2. The van der Waals surface area contributed by atoms with E-state index in [2.05, 4.69) is 26.1 Å². The summed E-state index contributed by atoms with van der Waals surface area (Å²) in [5, 5.41) is 7.76. The standard InChI is InChI=1S/C18H11BrClF3N2O3/c19-12-4-5-14(13(20)9-12)27-16(26)7-6-15-24-25-17(28-15)10-2-1-3-11(8-10)18(21,22)23/h1-5,8-9H,6-7H2. The van der Waals surface area contributed by atoms with Gasteiger partial charge in [-0.2, -0.15) is 13.2 Å². The number of alkyl halides is 3. The molecule has 0 unspecified atom stereocenters. The first-order valence-electron chi connectivity index (χ1n) is 7.88. The second kappa shape index (κ2) is 8.32. The first-order valence-corrected chi connectivity index (χ1v) is 9.05. The molecule has 1 heterocycles. The lowest BCUT2D eigenvalue weighted by Gasteiger charge is -2.06. The first kappa shape index (κ1) is 20.3. The van der Waals surface area contributed by atoms with Crippen molar-refractivity contribution in [2.75, 3.05) is 0 Å². The van der Waals surface area contributed by atoms with Gasteiger partial charge in [0.05, 0.1) is 17.0 Å². The van der Waals surface area contributed by atoms with Gasteiger partial charge in [-0.25, -0.2) is 0 Å². The monoisotopic (exact) mass is 474 g/mol. The van der Waals surface area contributed by atoms with Crippen LogP contribution in [0.5, 0.6) is 5.75 Å². The van der Waals surface area contributed by atoms with E-state index in [1.54, 1.807) is 18.2 Å². The molecule has 0 saturated carbocycles. The highest BCUT2D eigenvalue weighted by atomic mass is 79.9. The van der Waals surface area contributed by atoms with Crippen LogP contribution in [0.25, 0.3) is 11.5 Å². The zero-order valence-corrected chi connectivity index (χ0v) is 16.3. The van der Waals surface area contributed by atoms with Crippen molar-refractivity contribution in [3.05, 3.63) is 63.4 Å². The number of carbonyl (C=O) groups excluding carboxylic acids is 1. The van der Waals surface area contributed by atoms with E-state index in [-0.39, 0.29) is 41.0 Å². The minimum atomic E-state index is -4.48. The summed E-state index contributed by atoms with van der Waals surface area (Å²) < 4.78 is 49.6. The van der Waals surface area contributed by atoms with Crippen LogP contribution in [0.1, 0.15) is 17.9 Å². The van der Waals surface area contributed by atoms with Crippen molar-refractivity contribution in [1.29, 1.82) is 0 Å². The highest BCUT2D eigenvalue weighted by Crippen LogP contribution is 2.32. The van der Waals surface area contributed by atoms with Crippen LogP contribution in [0.4, 0.5) is 13.2 Å². The highest BCUT2D eigenvalue weighted by molar-refractivity contribution is 9.10. The van der Waals surface area contributed by atoms with E-state index in [1.807, 2.05) is 0 Å². The van der Waals surface area contributed by atoms with Gasteiger partial charge < -0.3 is 9.15 Å². The summed E-state index contributed by atoms with van der Waals surface area (Å²) in [4.78, 5) is 11.9. The Labute approximate surface area is 170 Å². The third-order valence-electron chi connectivity index (χ3n) is 3.56. The number of hydrogen-bond donors (Lipinski definition) is 0. The molecule has 0 fully saturated rings. The Bertz CT molecular complexity index is 1010. The lowest BCUT2D eigenvalue weighted by molar-refractivity contribution is -0.137. The molecule has 146 valence electrons. The molecule has 0 aliphatic rings. The maximum Gasteiger partial charge on any atom is 0.416 e. The van der Waals surface area contributed by atoms with Gasteiger partial charge in [0.2, 0.25) is 11.8 Å². The molecule has 0 saturated heterocycles. The van der Waals surface area contributed by atoms with Crippen molar-refractivity contribution in [2.24, 2.45) is 0 Å². The molecule has 0 atom stereocenters. The SMILES string of the molecule is O=C(CCc1nnc(-c2cccc(C(F)(F)F)c2)o1)Oc1ccc(Br)cc1Cl. The number of ether oxygens (including phenoxy) is 1. The Morgan fingerprint density at radius 3 is 2.68 bits per heavy atom. The second-order valence-corrected chi connectivity index (χ2v) is 6.95. The minimum absolute atomic E-state index is 0.0644. The van der Waals surface area contributed by atoms with Crippen LogP contribution in [0, 0.1) is 0 Å². The fraction of sp³-hybridized carbons (Fsp3) is 0.167. The van der Waals surface area contributed by atoms with Crippen molar-refractivity contribution >= 4 is 33.5 Å². The molecule has 5 nitrogen and oxygen atoms in total. The molecule has 2 aromatic carbocycles. The quantitative estimate of drug-likeness (QED) is 0.349. The predicted octanol–water partition coefficient (Wildman–Crippen LogP) is 5.71. The van der Waals surface area contributed by atoms with Gasteiger partial charge in [-0.1, -0.05) is 33.6 Å². The number of esters is 1. The van der Waals surface area contributed by atoms with Crippen molar-refractivity contribution in [3.8, 4) is 17.2 Å². The van der Waals surface area contributed by atoms with Gasteiger partial charge >= 0.3 is 12.1 Å². The van der Waals surface area contributed by atoms with Crippen LogP contribution in [0.2, 0.25) is 5.02 Å². The average Bonchev–Trinajstić information content (AvgIpc) is 3.11. The number of aryl methyl sites for hydroxylation is 1. The van der Waals surface area contributed by atoms with Gasteiger partial charge in [-0.15, -0.1) is 10.2 Å². The van der Waals surface area contributed by atoms with Crippen LogP contribution < -0.4 is 4.74 Å². The Morgan fingerprint density at radius 1 is 1.18 bits per heavy atom. The summed E-state index contributed by atoms with van der Waals surface area (Å²) >= 11 is 9.22. The molecule has 28 heavy (non-hydrogen) atoms. The third-order valence-corrected chi connectivity index (χ3v) is 4.35. The number of benzene rings is 2. The zero-order chi connectivity index (χ0) is 20.3. The van der Waals surface area contributed by atoms with Crippen LogP contribution in [0.15, 0.2) is 51.4 Å². The molecular weight excluding hydrogens is 465 g/mol. The van der Waals surface area contributed by atoms with Crippen LogP contribution >= 0.6 is 27.5 Å². The minimum Gasteiger partial charge on any atom is -0.425 e. The van der Waals surface area contributed by atoms with E-state index in [1.165, 1.54) is 12.1 Å². The summed E-state index contributed by atoms with van der Waals surface area (Å²) in [6.07, 6.45) is -4.48. The van der Waals surface area contributed by atoms with Gasteiger partial charge in [0.1, 0.15) is 5.75 Å². The van der Waals surface area contributed by atoms with Crippen molar-refractivity contribution < 1.29 is 27.1 Å². The van der Waals surface area contributed by atoms with Gasteiger partial charge in [-0.05, 0) is 36.4 Å². The largest absolute Gasteiger partial charge is 0.425 e. The van der Waals surface area contributed by atoms with Gasteiger partial charge in [0, 0.05) is 16.5 Å². The number of halogens is 5. The molecule has 10 heteroatoms. The predicted molar refractivity (Wildman–Crippen MR) is 97.8 cm³/mol. The molecule has 0 aliphatic heterocycles. The molecule has 0 bridgehead atoms. The molecule has 1 aromatic heterocycles. The number of carbonyl (C=O) groups is 1. The van der Waals surface area contributed by atoms with Gasteiger partial charge in [0.15, 0.2) is 0 Å². The molecule has 0 N–H and O–H groups in total. The molecule has 0 radical (unpaired) electrons. The van der Waals surface area contributed by atoms with Crippen LogP contribution in [0.3, 0.4) is 0 Å². The maximum atomic E-state index is 12.8. The average molecular weight is 476 g/mol. The smallest absolute Gasteiger partial charge is 0.416 e. The third kappa shape index (κ3) is 5.11. The second-order valence-electron chi connectivity index (χ2n) is 5.63.